The minimum absolute atomic E-state index is 0.0214. The number of carbonyl (C=O) groups excluding carboxylic acids is 3. The summed E-state index contributed by atoms with van der Waals surface area (Å²) in [5.41, 5.74) is 5.01. The lowest BCUT2D eigenvalue weighted by atomic mass is 10.1. The third kappa shape index (κ3) is 3.92. The zero-order valence-electron chi connectivity index (χ0n) is 10.9. The van der Waals surface area contributed by atoms with Crippen LogP contribution in [0.25, 0.3) is 0 Å². The van der Waals surface area contributed by atoms with Gasteiger partial charge < -0.3 is 26.2 Å². The van der Waals surface area contributed by atoms with Crippen molar-refractivity contribution in [1.29, 1.82) is 0 Å². The molecule has 0 aromatic rings. The molecule has 20 heavy (non-hydrogen) atoms. The number of primary amides is 1. The Balaban J connectivity index is 2.75. The molecule has 0 aromatic carbocycles. The fourth-order valence-corrected chi connectivity index (χ4v) is 2.08. The zero-order chi connectivity index (χ0) is 15.4. The van der Waals surface area contributed by atoms with Crippen molar-refractivity contribution < 1.29 is 29.4 Å². The standard InChI is InChI=1S/C11H17N3O6/c1-5(15)14-4-6(16)2-8(14)11(20)13-7(10(12)19)3-9(17)18/h6-8,16H,2-4H2,1H3,(H2,12,19)(H,13,20)(H,17,18)/t6-,7-,8+/m1/s1. The van der Waals surface area contributed by atoms with Gasteiger partial charge in [0.15, 0.2) is 0 Å². The average molecular weight is 287 g/mol. The van der Waals surface area contributed by atoms with Crippen molar-refractivity contribution in [2.24, 2.45) is 5.73 Å². The van der Waals surface area contributed by atoms with E-state index in [-0.39, 0.29) is 13.0 Å². The van der Waals surface area contributed by atoms with Gasteiger partial charge in [0.2, 0.25) is 17.7 Å². The molecule has 1 saturated heterocycles. The maximum atomic E-state index is 12.0. The van der Waals surface area contributed by atoms with Gasteiger partial charge in [-0.1, -0.05) is 0 Å². The summed E-state index contributed by atoms with van der Waals surface area (Å²) in [6.07, 6.45) is -1.44. The number of β-amino-alcohol motifs (C(OH)–C–C–N with tert-alkyl or cyclic N) is 1. The first-order chi connectivity index (χ1) is 9.22. The van der Waals surface area contributed by atoms with Crippen LogP contribution < -0.4 is 11.1 Å². The molecule has 0 unspecified atom stereocenters. The van der Waals surface area contributed by atoms with Crippen LogP contribution >= 0.6 is 0 Å². The number of aliphatic hydroxyl groups is 1. The molecule has 0 aromatic heterocycles. The van der Waals surface area contributed by atoms with Gasteiger partial charge in [0.1, 0.15) is 12.1 Å². The molecule has 5 N–H and O–H groups in total. The number of carbonyl (C=O) groups is 4. The molecule has 112 valence electrons. The van der Waals surface area contributed by atoms with E-state index in [9.17, 15) is 24.3 Å². The van der Waals surface area contributed by atoms with Gasteiger partial charge in [-0.15, -0.1) is 0 Å². The normalized spacial score (nSPS) is 23.2. The highest BCUT2D eigenvalue weighted by molar-refractivity contribution is 5.93. The molecule has 3 amide bonds. The van der Waals surface area contributed by atoms with Gasteiger partial charge >= 0.3 is 5.97 Å². The van der Waals surface area contributed by atoms with Crippen molar-refractivity contribution in [1.82, 2.24) is 10.2 Å². The SMILES string of the molecule is CC(=O)N1C[C@H](O)C[C@H]1C(=O)N[C@H](CC(=O)O)C(N)=O. The van der Waals surface area contributed by atoms with E-state index in [1.165, 1.54) is 11.8 Å². The summed E-state index contributed by atoms with van der Waals surface area (Å²) in [4.78, 5) is 46.2. The highest BCUT2D eigenvalue weighted by Crippen LogP contribution is 2.18. The topological polar surface area (TPSA) is 150 Å². The van der Waals surface area contributed by atoms with Crippen molar-refractivity contribution in [2.45, 2.75) is 38.0 Å². The second-order valence-corrected chi connectivity index (χ2v) is 4.64. The average Bonchev–Trinajstić information content (AvgIpc) is 2.69. The largest absolute Gasteiger partial charge is 0.481 e. The Labute approximate surface area is 114 Å². The summed E-state index contributed by atoms with van der Waals surface area (Å²) < 4.78 is 0. The molecule has 3 atom stereocenters. The number of amides is 3. The van der Waals surface area contributed by atoms with E-state index in [1.54, 1.807) is 0 Å². The van der Waals surface area contributed by atoms with Gasteiger partial charge in [-0.3, -0.25) is 19.2 Å². The quantitative estimate of drug-likeness (QED) is 0.436. The third-order valence-corrected chi connectivity index (χ3v) is 3.02. The monoisotopic (exact) mass is 287 g/mol. The van der Waals surface area contributed by atoms with Crippen molar-refractivity contribution in [3.8, 4) is 0 Å². The summed E-state index contributed by atoms with van der Waals surface area (Å²) in [6.45, 7) is 1.27. The van der Waals surface area contributed by atoms with Crippen LogP contribution in [0.3, 0.4) is 0 Å². The minimum atomic E-state index is -1.36. The fraction of sp³-hybridized carbons (Fsp3) is 0.636. The van der Waals surface area contributed by atoms with Gasteiger partial charge in [-0.25, -0.2) is 0 Å². The summed E-state index contributed by atoms with van der Waals surface area (Å²) in [5, 5.41) is 20.3. The number of hydrogen-bond acceptors (Lipinski definition) is 5. The van der Waals surface area contributed by atoms with Crippen molar-refractivity contribution in [2.75, 3.05) is 6.54 Å². The third-order valence-electron chi connectivity index (χ3n) is 3.02. The number of nitrogens with zero attached hydrogens (tertiary/aromatic N) is 1. The molecule has 1 aliphatic heterocycles. The van der Waals surface area contributed by atoms with Crippen LogP contribution in [-0.2, 0) is 19.2 Å². The van der Waals surface area contributed by atoms with Gasteiger partial charge in [-0.05, 0) is 0 Å². The maximum absolute atomic E-state index is 12.0. The Bertz CT molecular complexity index is 438. The Hall–Kier alpha value is -2.16. The van der Waals surface area contributed by atoms with E-state index in [0.29, 0.717) is 0 Å². The van der Waals surface area contributed by atoms with Gasteiger partial charge in [0.25, 0.3) is 0 Å². The number of aliphatic carboxylic acids is 1. The number of hydrogen-bond donors (Lipinski definition) is 4. The first-order valence-corrected chi connectivity index (χ1v) is 5.99. The Morgan fingerprint density at radius 1 is 1.40 bits per heavy atom. The Kier molecular flexibility index (Phi) is 5.03. The molecule has 9 heteroatoms. The van der Waals surface area contributed by atoms with Crippen molar-refractivity contribution >= 4 is 23.7 Å². The fourth-order valence-electron chi connectivity index (χ4n) is 2.08. The lowest BCUT2D eigenvalue weighted by molar-refractivity contribution is -0.141. The molecule has 0 radical (unpaired) electrons. The van der Waals surface area contributed by atoms with Gasteiger partial charge in [0, 0.05) is 19.9 Å². The molecular weight excluding hydrogens is 270 g/mol. The Morgan fingerprint density at radius 3 is 2.45 bits per heavy atom. The van der Waals surface area contributed by atoms with E-state index in [4.69, 9.17) is 10.8 Å². The molecular formula is C11H17N3O6. The summed E-state index contributed by atoms with van der Waals surface area (Å²) >= 11 is 0. The number of carboxylic acid groups (broad SMARTS) is 1. The second kappa shape index (κ2) is 6.33. The van der Waals surface area contributed by atoms with E-state index >= 15 is 0 Å². The molecule has 0 bridgehead atoms. The summed E-state index contributed by atoms with van der Waals surface area (Å²) in [7, 11) is 0. The minimum Gasteiger partial charge on any atom is -0.481 e. The van der Waals surface area contributed by atoms with Crippen LogP contribution in [0.4, 0.5) is 0 Å². The van der Waals surface area contributed by atoms with E-state index in [1.807, 2.05) is 0 Å². The number of nitrogens with two attached hydrogens (primary N) is 1. The van der Waals surface area contributed by atoms with Crippen LogP contribution in [0.1, 0.15) is 19.8 Å². The maximum Gasteiger partial charge on any atom is 0.305 e. The number of aliphatic hydroxyl groups excluding tert-OH is 1. The van der Waals surface area contributed by atoms with Crippen LogP contribution in [0.15, 0.2) is 0 Å². The highest BCUT2D eigenvalue weighted by Gasteiger charge is 2.38. The molecule has 1 fully saturated rings. The van der Waals surface area contributed by atoms with E-state index < -0.39 is 48.3 Å². The molecule has 1 rings (SSSR count). The molecule has 0 spiro atoms. The summed E-state index contributed by atoms with van der Waals surface area (Å²) in [5.74, 6) is -3.37. The lowest BCUT2D eigenvalue weighted by Gasteiger charge is -2.23. The summed E-state index contributed by atoms with van der Waals surface area (Å²) in [6, 6.07) is -2.29. The first-order valence-electron chi connectivity index (χ1n) is 5.99. The van der Waals surface area contributed by atoms with Crippen molar-refractivity contribution in [3.05, 3.63) is 0 Å². The smallest absolute Gasteiger partial charge is 0.305 e. The number of likely N-dealkylation sites (tertiary alicyclic amines) is 1. The molecule has 1 heterocycles. The number of carboxylic acids is 1. The molecule has 0 saturated carbocycles. The predicted molar refractivity (Wildman–Crippen MR) is 65.2 cm³/mol. The van der Waals surface area contributed by atoms with Crippen molar-refractivity contribution in [3.63, 3.8) is 0 Å². The molecule has 1 aliphatic rings. The van der Waals surface area contributed by atoms with Crippen LogP contribution in [0.2, 0.25) is 0 Å². The first kappa shape index (κ1) is 15.9. The van der Waals surface area contributed by atoms with Gasteiger partial charge in [0.05, 0.1) is 12.5 Å². The highest BCUT2D eigenvalue weighted by atomic mass is 16.4. The predicted octanol–water partition coefficient (Wildman–Crippen LogP) is -2.59. The molecule has 0 aliphatic carbocycles. The second-order valence-electron chi connectivity index (χ2n) is 4.64. The lowest BCUT2D eigenvalue weighted by Crippen LogP contribution is -2.52. The van der Waals surface area contributed by atoms with Crippen LogP contribution in [0, 0.1) is 0 Å². The van der Waals surface area contributed by atoms with E-state index in [0.717, 1.165) is 0 Å². The van der Waals surface area contributed by atoms with Gasteiger partial charge in [-0.2, -0.15) is 0 Å². The van der Waals surface area contributed by atoms with Crippen LogP contribution in [0.5, 0.6) is 0 Å². The molecule has 9 nitrogen and oxygen atoms in total. The van der Waals surface area contributed by atoms with E-state index in [2.05, 4.69) is 5.32 Å². The Morgan fingerprint density at radius 2 is 2.00 bits per heavy atom. The zero-order valence-corrected chi connectivity index (χ0v) is 10.9. The number of nitrogens with one attached hydrogen (secondary N) is 1. The van der Waals surface area contributed by atoms with Crippen LogP contribution in [-0.4, -0.2) is 63.5 Å². The number of rotatable bonds is 5.